The second-order valence-electron chi connectivity index (χ2n) is 5.18. The summed E-state index contributed by atoms with van der Waals surface area (Å²) in [4.78, 5) is 0. The van der Waals surface area contributed by atoms with E-state index in [9.17, 15) is 0 Å². The van der Waals surface area contributed by atoms with E-state index in [1.165, 1.54) is 38.5 Å². The van der Waals surface area contributed by atoms with E-state index in [1.807, 2.05) is 0 Å². The van der Waals surface area contributed by atoms with Gasteiger partial charge in [0.05, 0.1) is 0 Å². The van der Waals surface area contributed by atoms with Crippen LogP contribution in [0.5, 0.6) is 0 Å². The average molecular weight is 212 g/mol. The smallest absolute Gasteiger partial charge is 0.0199 e. The van der Waals surface area contributed by atoms with E-state index in [-0.39, 0.29) is 0 Å². The normalized spacial score (nSPS) is 33.0. The molecule has 0 aromatic carbocycles. The Morgan fingerprint density at radius 3 is 2.44 bits per heavy atom. The Hall–Kier alpha value is -1.04. The fraction of sp³-hybridized carbons (Fsp3) is 0.500. The van der Waals surface area contributed by atoms with Gasteiger partial charge >= 0.3 is 0 Å². The molecule has 0 aromatic rings. The van der Waals surface area contributed by atoms with Crippen LogP contribution in [-0.4, -0.2) is 0 Å². The number of hydrogen-bond acceptors (Lipinski definition) is 0. The quantitative estimate of drug-likeness (QED) is 0.559. The van der Waals surface area contributed by atoms with E-state index in [0.29, 0.717) is 11.8 Å². The summed E-state index contributed by atoms with van der Waals surface area (Å²) >= 11 is 0. The van der Waals surface area contributed by atoms with Gasteiger partial charge in [0.2, 0.25) is 0 Å². The van der Waals surface area contributed by atoms with E-state index < -0.39 is 0 Å². The Labute approximate surface area is 98.4 Å². The lowest BCUT2D eigenvalue weighted by Crippen LogP contribution is -2.13. The van der Waals surface area contributed by atoms with Crippen molar-refractivity contribution in [3.63, 3.8) is 0 Å². The Morgan fingerprint density at radius 2 is 1.69 bits per heavy atom. The van der Waals surface area contributed by atoms with Crippen LogP contribution in [0, 0.1) is 11.8 Å². The van der Waals surface area contributed by atoms with Crippen molar-refractivity contribution in [3.05, 3.63) is 47.6 Å². The molecular weight excluding hydrogens is 192 g/mol. The van der Waals surface area contributed by atoms with Crippen LogP contribution in [0.4, 0.5) is 0 Å². The van der Waals surface area contributed by atoms with Gasteiger partial charge in [0.25, 0.3) is 0 Å². The van der Waals surface area contributed by atoms with Crippen LogP contribution in [0.2, 0.25) is 0 Å². The Bertz CT molecular complexity index is 365. The lowest BCUT2D eigenvalue weighted by molar-refractivity contribution is 0.621. The van der Waals surface area contributed by atoms with E-state index in [4.69, 9.17) is 0 Å². The van der Waals surface area contributed by atoms with Crippen LogP contribution in [0.1, 0.15) is 38.5 Å². The standard InChI is InChI=1S/C16H20/c1-2-4-6-14(7-5-3-1)16-12-13-8-10-15(16)11-9-13/h6,8-13,15H,1-5,7H2. The molecule has 0 heteroatoms. The number of rotatable bonds is 1. The largest absolute Gasteiger partial charge is 0.0810 e. The number of hydrogen-bond donors (Lipinski definition) is 0. The minimum Gasteiger partial charge on any atom is -0.0810 e. The minimum atomic E-state index is 0.575. The topological polar surface area (TPSA) is 0 Å². The zero-order chi connectivity index (χ0) is 10.8. The van der Waals surface area contributed by atoms with Gasteiger partial charge in [-0.25, -0.2) is 0 Å². The summed E-state index contributed by atoms with van der Waals surface area (Å²) in [5, 5.41) is 0. The SMILES string of the molecule is C1=CC2C=CC1C=C2C1=CCCCCCC1. The highest BCUT2D eigenvalue weighted by Crippen LogP contribution is 2.36. The van der Waals surface area contributed by atoms with Crippen LogP contribution in [0.25, 0.3) is 0 Å². The van der Waals surface area contributed by atoms with Gasteiger partial charge in [0.1, 0.15) is 0 Å². The molecule has 0 amide bonds. The second-order valence-corrected chi connectivity index (χ2v) is 5.18. The molecule has 0 spiro atoms. The Kier molecular flexibility index (Phi) is 2.82. The molecule has 0 saturated carbocycles. The van der Waals surface area contributed by atoms with Crippen molar-refractivity contribution in [1.29, 1.82) is 0 Å². The van der Waals surface area contributed by atoms with Crippen molar-refractivity contribution < 1.29 is 0 Å². The molecule has 16 heavy (non-hydrogen) atoms. The third-order valence-electron chi connectivity index (χ3n) is 3.97. The fourth-order valence-electron chi connectivity index (χ4n) is 3.04. The molecule has 2 bridgehead atoms. The molecule has 0 unspecified atom stereocenters. The van der Waals surface area contributed by atoms with Gasteiger partial charge in [-0.15, -0.1) is 0 Å². The highest BCUT2D eigenvalue weighted by molar-refractivity contribution is 5.46. The number of allylic oxidation sites excluding steroid dienone is 8. The summed E-state index contributed by atoms with van der Waals surface area (Å²) in [6, 6.07) is 0. The van der Waals surface area contributed by atoms with Crippen LogP contribution in [0.15, 0.2) is 47.6 Å². The first-order valence-corrected chi connectivity index (χ1v) is 6.71. The highest BCUT2D eigenvalue weighted by Gasteiger charge is 2.21. The zero-order valence-electron chi connectivity index (χ0n) is 9.86. The molecule has 0 nitrogen and oxygen atoms in total. The minimum absolute atomic E-state index is 0.575. The van der Waals surface area contributed by atoms with E-state index in [2.05, 4.69) is 36.5 Å². The lowest BCUT2D eigenvalue weighted by Gasteiger charge is -2.28. The third-order valence-corrected chi connectivity index (χ3v) is 3.97. The Morgan fingerprint density at radius 1 is 0.875 bits per heavy atom. The monoisotopic (exact) mass is 212 g/mol. The average Bonchev–Trinajstić information content (AvgIpc) is 2.30. The summed E-state index contributed by atoms with van der Waals surface area (Å²) < 4.78 is 0. The third kappa shape index (κ3) is 1.93. The molecule has 0 saturated heterocycles. The van der Waals surface area contributed by atoms with Gasteiger partial charge in [-0.2, -0.15) is 0 Å². The van der Waals surface area contributed by atoms with Crippen LogP contribution < -0.4 is 0 Å². The van der Waals surface area contributed by atoms with Crippen molar-refractivity contribution in [2.24, 2.45) is 11.8 Å². The molecule has 84 valence electrons. The molecule has 4 aliphatic rings. The van der Waals surface area contributed by atoms with Crippen LogP contribution in [0.3, 0.4) is 0 Å². The molecule has 0 fully saturated rings. The highest BCUT2D eigenvalue weighted by atomic mass is 14.3. The molecule has 0 aliphatic heterocycles. The maximum Gasteiger partial charge on any atom is 0.0199 e. The summed E-state index contributed by atoms with van der Waals surface area (Å²) in [5.41, 5.74) is 3.25. The maximum absolute atomic E-state index is 2.51. The van der Waals surface area contributed by atoms with Gasteiger partial charge in [-0.3, -0.25) is 0 Å². The molecular formula is C16H20. The lowest BCUT2D eigenvalue weighted by atomic mass is 9.77. The van der Waals surface area contributed by atoms with Crippen molar-refractivity contribution in [3.8, 4) is 0 Å². The van der Waals surface area contributed by atoms with Gasteiger partial charge < -0.3 is 0 Å². The summed E-state index contributed by atoms with van der Waals surface area (Å²) in [6.07, 6.45) is 22.6. The molecule has 0 radical (unpaired) electrons. The Balaban J connectivity index is 1.82. The first-order chi connectivity index (χ1) is 7.93. The predicted molar refractivity (Wildman–Crippen MR) is 69.1 cm³/mol. The summed E-state index contributed by atoms with van der Waals surface area (Å²) in [7, 11) is 0. The molecule has 0 N–H and O–H groups in total. The first kappa shape index (κ1) is 10.1. The predicted octanol–water partition coefficient (Wildman–Crippen LogP) is 4.57. The van der Waals surface area contributed by atoms with Gasteiger partial charge in [-0.1, -0.05) is 49.3 Å². The van der Waals surface area contributed by atoms with Crippen molar-refractivity contribution in [1.82, 2.24) is 0 Å². The zero-order valence-corrected chi connectivity index (χ0v) is 9.86. The molecule has 0 atom stereocenters. The second kappa shape index (κ2) is 4.45. The van der Waals surface area contributed by atoms with Crippen molar-refractivity contribution >= 4 is 0 Å². The molecule has 0 aromatic heterocycles. The molecule has 4 aliphatic carbocycles. The van der Waals surface area contributed by atoms with Crippen LogP contribution >= 0.6 is 0 Å². The summed E-state index contributed by atoms with van der Waals surface area (Å²) in [5.74, 6) is 1.15. The van der Waals surface area contributed by atoms with Crippen LogP contribution in [-0.2, 0) is 0 Å². The summed E-state index contributed by atoms with van der Waals surface area (Å²) in [6.45, 7) is 0. The fourth-order valence-corrected chi connectivity index (χ4v) is 3.04. The van der Waals surface area contributed by atoms with E-state index >= 15 is 0 Å². The van der Waals surface area contributed by atoms with Gasteiger partial charge in [-0.05, 0) is 36.8 Å². The van der Waals surface area contributed by atoms with Gasteiger partial charge in [0.15, 0.2) is 0 Å². The van der Waals surface area contributed by atoms with E-state index in [0.717, 1.165) is 0 Å². The first-order valence-electron chi connectivity index (χ1n) is 6.71. The van der Waals surface area contributed by atoms with Crippen molar-refractivity contribution in [2.45, 2.75) is 38.5 Å². The van der Waals surface area contributed by atoms with E-state index in [1.54, 1.807) is 11.1 Å². The molecule has 4 rings (SSSR count). The van der Waals surface area contributed by atoms with Gasteiger partial charge in [0, 0.05) is 11.8 Å². The maximum atomic E-state index is 2.51. The molecule has 0 heterocycles. The van der Waals surface area contributed by atoms with Crippen molar-refractivity contribution in [2.75, 3.05) is 0 Å².